The lowest BCUT2D eigenvalue weighted by atomic mass is 10.0. The zero-order chi connectivity index (χ0) is 15.2. The van der Waals surface area contributed by atoms with Crippen molar-refractivity contribution >= 4 is 12.2 Å². The normalized spacial score (nSPS) is 10.6. The van der Waals surface area contributed by atoms with Crippen LogP contribution in [0.5, 0.6) is 5.75 Å². The van der Waals surface area contributed by atoms with Gasteiger partial charge in [-0.15, -0.1) is 5.10 Å². The largest absolute Gasteiger partial charge is 0.496 e. The second-order valence-electron chi connectivity index (χ2n) is 4.24. The molecule has 0 spiro atoms. The summed E-state index contributed by atoms with van der Waals surface area (Å²) in [6, 6.07) is 11.7. The topological polar surface area (TPSA) is 86.0 Å². The summed E-state index contributed by atoms with van der Waals surface area (Å²) < 4.78 is 18.7. The van der Waals surface area contributed by atoms with Crippen LogP contribution in [-0.2, 0) is 0 Å². The average molecular weight is 286 g/mol. The standard InChI is InChI=1S/C15H15FN4O/c1-21-14-6-5-12(16)8-13(14)11-4-2-3-10(7-11)9-19-20-15(17)18/h2-9H,1H3,(H4,17,18,20). The van der Waals surface area contributed by atoms with E-state index in [-0.39, 0.29) is 11.8 Å². The Bertz CT molecular complexity index is 694. The van der Waals surface area contributed by atoms with E-state index in [1.54, 1.807) is 13.2 Å². The van der Waals surface area contributed by atoms with Crippen LogP contribution in [0, 0.1) is 5.82 Å². The number of guanidine groups is 1. The Morgan fingerprint density at radius 1 is 1.19 bits per heavy atom. The highest BCUT2D eigenvalue weighted by Gasteiger charge is 2.07. The molecule has 2 aromatic carbocycles. The highest BCUT2D eigenvalue weighted by atomic mass is 19.1. The molecule has 0 saturated carbocycles. The van der Waals surface area contributed by atoms with Gasteiger partial charge in [0.1, 0.15) is 11.6 Å². The molecule has 4 N–H and O–H groups in total. The lowest BCUT2D eigenvalue weighted by molar-refractivity contribution is 0.415. The van der Waals surface area contributed by atoms with E-state index >= 15 is 0 Å². The molecule has 0 aromatic heterocycles. The van der Waals surface area contributed by atoms with Crippen LogP contribution < -0.4 is 16.2 Å². The highest BCUT2D eigenvalue weighted by molar-refractivity contribution is 5.84. The predicted molar refractivity (Wildman–Crippen MR) is 81.8 cm³/mol. The third kappa shape index (κ3) is 3.79. The maximum absolute atomic E-state index is 13.4. The molecule has 108 valence electrons. The van der Waals surface area contributed by atoms with Crippen LogP contribution in [0.3, 0.4) is 0 Å². The Hall–Kier alpha value is -2.89. The van der Waals surface area contributed by atoms with Crippen molar-refractivity contribution in [2.24, 2.45) is 21.7 Å². The number of hydrogen-bond donors (Lipinski definition) is 2. The van der Waals surface area contributed by atoms with Crippen molar-refractivity contribution in [1.29, 1.82) is 0 Å². The summed E-state index contributed by atoms with van der Waals surface area (Å²) >= 11 is 0. The zero-order valence-electron chi connectivity index (χ0n) is 11.5. The Balaban J connectivity index is 2.40. The molecule has 0 saturated heterocycles. The number of halogens is 1. The molecule has 5 nitrogen and oxygen atoms in total. The van der Waals surface area contributed by atoms with Crippen LogP contribution in [0.4, 0.5) is 4.39 Å². The number of benzene rings is 2. The van der Waals surface area contributed by atoms with Crippen LogP contribution in [0.15, 0.2) is 52.7 Å². The van der Waals surface area contributed by atoms with E-state index in [1.807, 2.05) is 24.3 Å². The van der Waals surface area contributed by atoms with Gasteiger partial charge >= 0.3 is 0 Å². The molecule has 0 bridgehead atoms. The lowest BCUT2D eigenvalue weighted by Gasteiger charge is -2.09. The molecule has 0 radical (unpaired) electrons. The zero-order valence-corrected chi connectivity index (χ0v) is 11.5. The molecule has 21 heavy (non-hydrogen) atoms. The van der Waals surface area contributed by atoms with Gasteiger partial charge in [-0.3, -0.25) is 0 Å². The first-order valence-electron chi connectivity index (χ1n) is 6.16. The summed E-state index contributed by atoms with van der Waals surface area (Å²) in [5.41, 5.74) is 12.6. The monoisotopic (exact) mass is 286 g/mol. The Labute approximate surface area is 121 Å². The van der Waals surface area contributed by atoms with E-state index in [2.05, 4.69) is 10.2 Å². The van der Waals surface area contributed by atoms with E-state index in [1.165, 1.54) is 18.3 Å². The van der Waals surface area contributed by atoms with Gasteiger partial charge in [0, 0.05) is 5.56 Å². The molecule has 0 aliphatic carbocycles. The van der Waals surface area contributed by atoms with Crippen molar-refractivity contribution in [1.82, 2.24) is 0 Å². The third-order valence-electron chi connectivity index (χ3n) is 2.74. The summed E-state index contributed by atoms with van der Waals surface area (Å²) in [6.07, 6.45) is 1.51. The minimum absolute atomic E-state index is 0.116. The second-order valence-corrected chi connectivity index (χ2v) is 4.24. The van der Waals surface area contributed by atoms with Gasteiger partial charge in [-0.25, -0.2) is 4.39 Å². The fraction of sp³-hybridized carbons (Fsp3) is 0.0667. The van der Waals surface area contributed by atoms with Crippen molar-refractivity contribution in [3.63, 3.8) is 0 Å². The first-order valence-corrected chi connectivity index (χ1v) is 6.16. The van der Waals surface area contributed by atoms with Crippen LogP contribution in [-0.4, -0.2) is 19.3 Å². The molecule has 0 unspecified atom stereocenters. The van der Waals surface area contributed by atoms with E-state index in [0.29, 0.717) is 11.3 Å². The van der Waals surface area contributed by atoms with E-state index < -0.39 is 0 Å². The molecule has 2 rings (SSSR count). The van der Waals surface area contributed by atoms with Gasteiger partial charge in [-0.05, 0) is 35.4 Å². The van der Waals surface area contributed by atoms with Crippen molar-refractivity contribution in [3.8, 4) is 16.9 Å². The summed E-state index contributed by atoms with van der Waals surface area (Å²) in [4.78, 5) is 0. The van der Waals surface area contributed by atoms with Crippen molar-refractivity contribution < 1.29 is 9.13 Å². The van der Waals surface area contributed by atoms with Gasteiger partial charge in [-0.1, -0.05) is 18.2 Å². The van der Waals surface area contributed by atoms with Crippen LogP contribution in [0.25, 0.3) is 11.1 Å². The number of nitrogens with zero attached hydrogens (tertiary/aromatic N) is 2. The van der Waals surface area contributed by atoms with E-state index in [9.17, 15) is 4.39 Å². The van der Waals surface area contributed by atoms with E-state index in [4.69, 9.17) is 16.2 Å². The lowest BCUT2D eigenvalue weighted by Crippen LogP contribution is -2.21. The smallest absolute Gasteiger partial charge is 0.211 e. The Kier molecular flexibility index (Phi) is 4.50. The highest BCUT2D eigenvalue weighted by Crippen LogP contribution is 2.30. The minimum Gasteiger partial charge on any atom is -0.496 e. The van der Waals surface area contributed by atoms with Gasteiger partial charge in [-0.2, -0.15) is 5.10 Å². The van der Waals surface area contributed by atoms with Gasteiger partial charge in [0.15, 0.2) is 0 Å². The molecule has 0 heterocycles. The predicted octanol–water partition coefficient (Wildman–Crippen LogP) is 2.11. The third-order valence-corrected chi connectivity index (χ3v) is 2.74. The Morgan fingerprint density at radius 3 is 2.71 bits per heavy atom. The van der Waals surface area contributed by atoms with Crippen molar-refractivity contribution in [3.05, 3.63) is 53.8 Å². The molecule has 2 aromatic rings. The van der Waals surface area contributed by atoms with Gasteiger partial charge in [0.25, 0.3) is 0 Å². The molecule has 0 aliphatic heterocycles. The van der Waals surface area contributed by atoms with Gasteiger partial charge < -0.3 is 16.2 Å². The maximum atomic E-state index is 13.4. The van der Waals surface area contributed by atoms with Gasteiger partial charge in [0.2, 0.25) is 5.96 Å². The quantitative estimate of drug-likeness (QED) is 0.512. The van der Waals surface area contributed by atoms with Crippen LogP contribution >= 0.6 is 0 Å². The summed E-state index contributed by atoms with van der Waals surface area (Å²) in [5, 5.41) is 7.27. The van der Waals surface area contributed by atoms with Crippen molar-refractivity contribution in [2.45, 2.75) is 0 Å². The second kappa shape index (κ2) is 6.51. The number of nitrogens with two attached hydrogens (primary N) is 2. The average Bonchev–Trinajstić information content (AvgIpc) is 2.47. The number of rotatable bonds is 4. The molecular formula is C15H15FN4O. The van der Waals surface area contributed by atoms with Crippen LogP contribution in [0.2, 0.25) is 0 Å². The van der Waals surface area contributed by atoms with Crippen LogP contribution in [0.1, 0.15) is 5.56 Å². The molecule has 6 heteroatoms. The van der Waals surface area contributed by atoms with E-state index in [0.717, 1.165) is 11.1 Å². The van der Waals surface area contributed by atoms with Gasteiger partial charge in [0.05, 0.1) is 13.3 Å². The first kappa shape index (κ1) is 14.5. The number of ether oxygens (including phenoxy) is 1. The Morgan fingerprint density at radius 2 is 2.00 bits per heavy atom. The molecule has 0 amide bonds. The van der Waals surface area contributed by atoms with Crippen molar-refractivity contribution in [2.75, 3.05) is 7.11 Å². The molecule has 0 fully saturated rings. The summed E-state index contributed by atoms with van der Waals surface area (Å²) in [6.45, 7) is 0. The fourth-order valence-electron chi connectivity index (χ4n) is 1.85. The maximum Gasteiger partial charge on any atom is 0.211 e. The number of hydrogen-bond acceptors (Lipinski definition) is 3. The summed E-state index contributed by atoms with van der Waals surface area (Å²) in [7, 11) is 1.54. The summed E-state index contributed by atoms with van der Waals surface area (Å²) in [5.74, 6) is 0.147. The number of methoxy groups -OCH3 is 1. The molecular weight excluding hydrogens is 271 g/mol. The molecule has 0 atom stereocenters. The molecule has 0 aliphatic rings. The SMILES string of the molecule is COc1ccc(F)cc1-c1cccc(C=NN=C(N)N)c1. The minimum atomic E-state index is -0.328. The fourth-order valence-corrected chi connectivity index (χ4v) is 1.85. The first-order chi connectivity index (χ1) is 10.1.